The number of nitrogens with zero attached hydrogens (tertiary/aromatic N) is 2. The Hall–Kier alpha value is -0.540. The second-order valence-electron chi connectivity index (χ2n) is 3.86. The van der Waals surface area contributed by atoms with E-state index in [2.05, 4.69) is 18.9 Å². The quantitative estimate of drug-likeness (QED) is 0.839. The van der Waals surface area contributed by atoms with Gasteiger partial charge in [-0.3, -0.25) is 4.68 Å². The van der Waals surface area contributed by atoms with Crippen LogP contribution < -0.4 is 5.73 Å². The highest BCUT2D eigenvalue weighted by atomic mass is 35.5. The standard InChI is InChI=1S/C10H18ClN3/c1-4-7(2)5-9(12)10-8(11)6-13-14(10)3/h6-7,9H,4-5,12H2,1-3H3. The first-order valence-corrected chi connectivity index (χ1v) is 5.37. The van der Waals surface area contributed by atoms with Crippen molar-refractivity contribution < 1.29 is 0 Å². The lowest BCUT2D eigenvalue weighted by Crippen LogP contribution is -2.17. The van der Waals surface area contributed by atoms with Crippen LogP contribution in [0.5, 0.6) is 0 Å². The summed E-state index contributed by atoms with van der Waals surface area (Å²) >= 11 is 6.00. The molecule has 80 valence electrons. The second-order valence-corrected chi connectivity index (χ2v) is 4.26. The number of aryl methyl sites for hydroxylation is 1. The number of aromatic nitrogens is 2. The summed E-state index contributed by atoms with van der Waals surface area (Å²) in [5.74, 6) is 0.621. The van der Waals surface area contributed by atoms with E-state index in [-0.39, 0.29) is 6.04 Å². The van der Waals surface area contributed by atoms with Crippen molar-refractivity contribution in [1.29, 1.82) is 0 Å². The van der Waals surface area contributed by atoms with Crippen molar-refractivity contribution in [2.75, 3.05) is 0 Å². The van der Waals surface area contributed by atoms with Crippen molar-refractivity contribution >= 4 is 11.6 Å². The van der Waals surface area contributed by atoms with Crippen LogP contribution in [0.1, 0.15) is 38.4 Å². The van der Waals surface area contributed by atoms with Crippen LogP contribution in [0.15, 0.2) is 6.20 Å². The van der Waals surface area contributed by atoms with Gasteiger partial charge in [0.05, 0.1) is 16.9 Å². The molecular formula is C10H18ClN3. The lowest BCUT2D eigenvalue weighted by Gasteiger charge is -2.16. The molecule has 2 atom stereocenters. The van der Waals surface area contributed by atoms with Crippen LogP contribution in [-0.2, 0) is 7.05 Å². The average Bonchev–Trinajstić information content (AvgIpc) is 2.46. The van der Waals surface area contributed by atoms with Gasteiger partial charge in [-0.1, -0.05) is 31.9 Å². The van der Waals surface area contributed by atoms with Crippen molar-refractivity contribution in [1.82, 2.24) is 9.78 Å². The third-order valence-electron chi connectivity index (χ3n) is 2.64. The predicted molar refractivity (Wildman–Crippen MR) is 59.2 cm³/mol. The zero-order valence-electron chi connectivity index (χ0n) is 9.00. The minimum Gasteiger partial charge on any atom is -0.323 e. The molecule has 1 heterocycles. The average molecular weight is 216 g/mol. The minimum atomic E-state index is -0.00931. The normalized spacial score (nSPS) is 15.5. The highest BCUT2D eigenvalue weighted by molar-refractivity contribution is 6.31. The summed E-state index contributed by atoms with van der Waals surface area (Å²) in [6.07, 6.45) is 3.74. The smallest absolute Gasteiger partial charge is 0.0833 e. The van der Waals surface area contributed by atoms with E-state index in [9.17, 15) is 0 Å². The zero-order chi connectivity index (χ0) is 10.7. The highest BCUT2D eigenvalue weighted by Gasteiger charge is 2.16. The Morgan fingerprint density at radius 2 is 2.29 bits per heavy atom. The van der Waals surface area contributed by atoms with Crippen molar-refractivity contribution in [3.8, 4) is 0 Å². The lowest BCUT2D eigenvalue weighted by atomic mass is 9.98. The Morgan fingerprint density at radius 3 is 2.71 bits per heavy atom. The van der Waals surface area contributed by atoms with Crippen LogP contribution in [0.4, 0.5) is 0 Å². The van der Waals surface area contributed by atoms with E-state index < -0.39 is 0 Å². The first-order chi connectivity index (χ1) is 6.56. The maximum absolute atomic E-state index is 6.07. The summed E-state index contributed by atoms with van der Waals surface area (Å²) in [4.78, 5) is 0. The molecule has 1 rings (SSSR count). The third-order valence-corrected chi connectivity index (χ3v) is 2.93. The molecule has 0 amide bonds. The Balaban J connectivity index is 2.73. The molecule has 3 nitrogen and oxygen atoms in total. The van der Waals surface area contributed by atoms with Crippen LogP contribution in [-0.4, -0.2) is 9.78 Å². The molecule has 0 aliphatic carbocycles. The molecule has 0 aliphatic heterocycles. The highest BCUT2D eigenvalue weighted by Crippen LogP contribution is 2.25. The van der Waals surface area contributed by atoms with Gasteiger partial charge < -0.3 is 5.73 Å². The molecule has 0 saturated carbocycles. The summed E-state index contributed by atoms with van der Waals surface area (Å²) < 4.78 is 1.76. The van der Waals surface area contributed by atoms with Gasteiger partial charge in [-0.2, -0.15) is 5.10 Å². The van der Waals surface area contributed by atoms with Crippen molar-refractivity contribution in [2.24, 2.45) is 18.7 Å². The third kappa shape index (κ3) is 2.49. The Morgan fingerprint density at radius 1 is 1.64 bits per heavy atom. The van der Waals surface area contributed by atoms with Gasteiger partial charge in [0.15, 0.2) is 0 Å². The van der Waals surface area contributed by atoms with E-state index in [1.807, 2.05) is 7.05 Å². The van der Waals surface area contributed by atoms with E-state index in [1.165, 1.54) is 0 Å². The predicted octanol–water partition coefficient (Wildman–Crippen LogP) is 2.51. The maximum Gasteiger partial charge on any atom is 0.0833 e. The minimum absolute atomic E-state index is 0.00931. The van der Waals surface area contributed by atoms with Gasteiger partial charge >= 0.3 is 0 Å². The van der Waals surface area contributed by atoms with Crippen LogP contribution >= 0.6 is 11.6 Å². The van der Waals surface area contributed by atoms with Crippen LogP contribution in [0.2, 0.25) is 5.02 Å². The number of rotatable bonds is 4. The van der Waals surface area contributed by atoms with Gasteiger partial charge in [0.1, 0.15) is 0 Å². The monoisotopic (exact) mass is 215 g/mol. The Bertz CT molecular complexity index is 276. The Kier molecular flexibility index (Phi) is 3.96. The van der Waals surface area contributed by atoms with Crippen LogP contribution in [0.25, 0.3) is 0 Å². The fraction of sp³-hybridized carbons (Fsp3) is 0.700. The molecule has 4 heteroatoms. The van der Waals surface area contributed by atoms with Gasteiger partial charge in [-0.05, 0) is 12.3 Å². The molecule has 2 unspecified atom stereocenters. The molecule has 0 radical (unpaired) electrons. The fourth-order valence-corrected chi connectivity index (χ4v) is 1.86. The van der Waals surface area contributed by atoms with E-state index in [0.29, 0.717) is 10.9 Å². The van der Waals surface area contributed by atoms with Gasteiger partial charge in [-0.25, -0.2) is 0 Å². The number of halogens is 1. The Labute approximate surface area is 90.2 Å². The van der Waals surface area contributed by atoms with Crippen molar-refractivity contribution in [3.05, 3.63) is 16.9 Å². The molecule has 0 fully saturated rings. The second kappa shape index (κ2) is 4.80. The zero-order valence-corrected chi connectivity index (χ0v) is 9.75. The number of hydrogen-bond donors (Lipinski definition) is 1. The molecule has 0 aromatic carbocycles. The van der Waals surface area contributed by atoms with E-state index in [1.54, 1.807) is 10.9 Å². The molecule has 0 saturated heterocycles. The van der Waals surface area contributed by atoms with Gasteiger partial charge in [0.2, 0.25) is 0 Å². The summed E-state index contributed by atoms with van der Waals surface area (Å²) in [5.41, 5.74) is 7.01. The number of hydrogen-bond acceptors (Lipinski definition) is 2. The molecular weight excluding hydrogens is 198 g/mol. The molecule has 14 heavy (non-hydrogen) atoms. The van der Waals surface area contributed by atoms with E-state index in [4.69, 9.17) is 17.3 Å². The van der Waals surface area contributed by atoms with Gasteiger partial charge in [0.25, 0.3) is 0 Å². The number of nitrogens with two attached hydrogens (primary N) is 1. The molecule has 0 bridgehead atoms. The van der Waals surface area contributed by atoms with Crippen molar-refractivity contribution in [2.45, 2.75) is 32.7 Å². The molecule has 1 aromatic heterocycles. The van der Waals surface area contributed by atoms with E-state index >= 15 is 0 Å². The maximum atomic E-state index is 6.07. The molecule has 0 spiro atoms. The van der Waals surface area contributed by atoms with Crippen LogP contribution in [0, 0.1) is 5.92 Å². The molecule has 1 aromatic rings. The van der Waals surface area contributed by atoms with E-state index in [0.717, 1.165) is 18.5 Å². The fourth-order valence-electron chi connectivity index (χ4n) is 1.55. The summed E-state index contributed by atoms with van der Waals surface area (Å²) in [7, 11) is 1.87. The summed E-state index contributed by atoms with van der Waals surface area (Å²) in [5, 5.41) is 4.74. The van der Waals surface area contributed by atoms with Gasteiger partial charge in [-0.15, -0.1) is 0 Å². The molecule has 0 aliphatic rings. The van der Waals surface area contributed by atoms with Gasteiger partial charge in [0, 0.05) is 13.1 Å². The van der Waals surface area contributed by atoms with Crippen molar-refractivity contribution in [3.63, 3.8) is 0 Å². The summed E-state index contributed by atoms with van der Waals surface area (Å²) in [6.45, 7) is 4.37. The first kappa shape index (κ1) is 11.5. The molecule has 2 N–H and O–H groups in total. The summed E-state index contributed by atoms with van der Waals surface area (Å²) in [6, 6.07) is -0.00931. The van der Waals surface area contributed by atoms with Crippen LogP contribution in [0.3, 0.4) is 0 Å². The first-order valence-electron chi connectivity index (χ1n) is 4.99. The SMILES string of the molecule is CCC(C)CC(N)c1c(Cl)cnn1C. The largest absolute Gasteiger partial charge is 0.323 e. The lowest BCUT2D eigenvalue weighted by molar-refractivity contribution is 0.445. The topological polar surface area (TPSA) is 43.8 Å².